The summed E-state index contributed by atoms with van der Waals surface area (Å²) in [7, 11) is 0. The molecular formula is C42H71NO29. The summed E-state index contributed by atoms with van der Waals surface area (Å²) in [4.78, 5) is 12.2. The van der Waals surface area contributed by atoms with E-state index in [9.17, 15) is 96.7 Å². The first-order valence-corrected chi connectivity index (χ1v) is 23.5. The molecule has 6 rings (SSSR count). The zero-order valence-corrected chi connectivity index (χ0v) is 39.2. The van der Waals surface area contributed by atoms with Crippen LogP contribution in [0.1, 0.15) is 27.2 Å². The number of carbonyl (C=O) groups is 1. The molecule has 5 heterocycles. The third-order valence-electron chi connectivity index (χ3n) is 13.5. The minimum atomic E-state index is -2.11. The van der Waals surface area contributed by atoms with Gasteiger partial charge in [-0.05, 0) is 18.4 Å². The van der Waals surface area contributed by atoms with Gasteiger partial charge in [0.15, 0.2) is 25.2 Å². The summed E-state index contributed by atoms with van der Waals surface area (Å²) in [6.07, 6.45) is -47.1. The molecule has 0 saturated carbocycles. The minimum Gasteiger partial charge on any atom is -0.433 e. The summed E-state index contributed by atoms with van der Waals surface area (Å²) < 4.78 is 55.7. The Kier molecular flexibility index (Phi) is 21.0. The van der Waals surface area contributed by atoms with Crippen LogP contribution in [0.2, 0.25) is 0 Å². The second-order valence-electron chi connectivity index (χ2n) is 19.1. The molecule has 5 aliphatic heterocycles. The van der Waals surface area contributed by atoms with Crippen LogP contribution in [0.4, 0.5) is 0 Å². The van der Waals surface area contributed by atoms with E-state index in [1.165, 1.54) is 13.0 Å². The van der Waals surface area contributed by atoms with Crippen LogP contribution < -0.4 is 5.32 Å². The first-order chi connectivity index (χ1) is 34.0. The highest BCUT2D eigenvalue weighted by atomic mass is 16.8. The molecule has 30 nitrogen and oxygen atoms in total. The van der Waals surface area contributed by atoms with Crippen molar-refractivity contribution in [3.8, 4) is 0 Å². The van der Waals surface area contributed by atoms with Crippen molar-refractivity contribution < 1.29 is 144 Å². The van der Waals surface area contributed by atoms with Gasteiger partial charge in [0.05, 0.1) is 51.2 Å². The van der Waals surface area contributed by atoms with E-state index in [4.69, 9.17) is 47.4 Å². The molecular weight excluding hydrogens is 982 g/mol. The largest absolute Gasteiger partial charge is 0.433 e. The van der Waals surface area contributed by atoms with Gasteiger partial charge in [0.1, 0.15) is 128 Å². The summed E-state index contributed by atoms with van der Waals surface area (Å²) in [5.41, 5.74) is -0.147. The van der Waals surface area contributed by atoms with Crippen LogP contribution in [0.15, 0.2) is 11.6 Å². The topological polar surface area (TPSA) is 486 Å². The van der Waals surface area contributed by atoms with E-state index in [1.807, 2.05) is 0 Å². The van der Waals surface area contributed by atoms with Crippen molar-refractivity contribution in [1.82, 2.24) is 5.32 Å². The standard InChI is InChI=1S/C42H71NO29/c1-11(2)4-19(49)68-39-31(60)26(55)35(16(8-46)65-39)70-38-29(58)23(52)20(12(3)63-38)43-14-5-13(6-44)34(25(54)21(14)50)69-41-32(61)27(56)37(17(9-47)66-41)72-42-33(62)28(57)36(18(10-48)67-42)71-40-30(59)24(53)22(51)15(7-45)64-40/h5,11-12,14-18,20-48,50-62H,4,6-10H2,1-3H3/t12-,14+,15-,16-,17-,18-,20-,21+,22-,23+,24+,25-,26-,27-,28-,29-,30-,31-,32-,33-,34-,35-,36-,37-,38-,39+,40-,41-,42-/m1/s1. The van der Waals surface area contributed by atoms with E-state index in [1.54, 1.807) is 13.8 Å². The number of nitrogens with one attached hydrogen (secondary N) is 1. The van der Waals surface area contributed by atoms with Crippen LogP contribution in [-0.4, -0.2) is 309 Å². The third kappa shape index (κ3) is 12.6. The van der Waals surface area contributed by atoms with Gasteiger partial charge in [-0.3, -0.25) is 4.79 Å². The molecule has 0 aromatic carbocycles. The summed E-state index contributed by atoms with van der Waals surface area (Å²) in [5, 5.41) is 195. The van der Waals surface area contributed by atoms with Crippen LogP contribution in [0.25, 0.3) is 0 Å². The molecule has 29 atom stereocenters. The molecule has 0 amide bonds. The van der Waals surface area contributed by atoms with Gasteiger partial charge in [0.25, 0.3) is 0 Å². The van der Waals surface area contributed by atoms with E-state index in [-0.39, 0.29) is 17.9 Å². The molecule has 0 unspecified atom stereocenters. The number of ether oxygens (including phenoxy) is 10. The number of esters is 1. The lowest BCUT2D eigenvalue weighted by molar-refractivity contribution is -0.381. The number of carbonyl (C=O) groups excluding carboxylic acids is 1. The molecule has 0 aromatic heterocycles. The van der Waals surface area contributed by atoms with Gasteiger partial charge in [-0.1, -0.05) is 19.9 Å². The molecule has 0 spiro atoms. The van der Waals surface area contributed by atoms with E-state index in [0.29, 0.717) is 0 Å². The second kappa shape index (κ2) is 25.5. The Bertz CT molecular complexity index is 1730. The average molecular weight is 1050 g/mol. The average Bonchev–Trinajstić information content (AvgIpc) is 3.35. The predicted molar refractivity (Wildman–Crippen MR) is 226 cm³/mol. The Morgan fingerprint density at radius 2 is 0.903 bits per heavy atom. The van der Waals surface area contributed by atoms with E-state index < -0.39 is 217 Å². The Balaban J connectivity index is 1.06. The Morgan fingerprint density at radius 1 is 0.500 bits per heavy atom. The fourth-order valence-electron chi connectivity index (χ4n) is 9.37. The molecule has 0 radical (unpaired) electrons. The normalized spacial score (nSPS) is 49.4. The number of rotatable bonds is 18. The monoisotopic (exact) mass is 1050 g/mol. The van der Waals surface area contributed by atoms with Crippen molar-refractivity contribution in [3.63, 3.8) is 0 Å². The van der Waals surface area contributed by atoms with Crippen LogP contribution in [0, 0.1) is 5.92 Å². The first-order valence-electron chi connectivity index (χ1n) is 23.5. The lowest BCUT2D eigenvalue weighted by Gasteiger charge is -2.49. The maximum absolute atomic E-state index is 12.2. The predicted octanol–water partition coefficient (Wildman–Crippen LogP) is -11.3. The van der Waals surface area contributed by atoms with Gasteiger partial charge >= 0.3 is 5.97 Å². The number of aliphatic hydroxyl groups is 18. The summed E-state index contributed by atoms with van der Waals surface area (Å²) in [6.45, 7) is 0.496. The lowest BCUT2D eigenvalue weighted by Crippen LogP contribution is -2.68. The smallest absolute Gasteiger partial charge is 0.308 e. The zero-order chi connectivity index (χ0) is 53.2. The van der Waals surface area contributed by atoms with Crippen molar-refractivity contribution in [1.29, 1.82) is 0 Å². The maximum atomic E-state index is 12.2. The molecule has 72 heavy (non-hydrogen) atoms. The molecule has 6 aliphatic rings. The molecule has 5 saturated heterocycles. The van der Waals surface area contributed by atoms with Crippen molar-refractivity contribution in [2.75, 3.05) is 33.0 Å². The summed E-state index contributed by atoms with van der Waals surface area (Å²) in [5.74, 6) is -0.845. The molecule has 0 bridgehead atoms. The second-order valence-corrected chi connectivity index (χ2v) is 19.1. The van der Waals surface area contributed by atoms with Crippen molar-refractivity contribution in [2.45, 2.75) is 205 Å². The van der Waals surface area contributed by atoms with E-state index in [0.717, 1.165) is 0 Å². The van der Waals surface area contributed by atoms with E-state index in [2.05, 4.69) is 5.32 Å². The Labute approximate surface area is 410 Å². The highest BCUT2D eigenvalue weighted by molar-refractivity contribution is 5.69. The molecule has 5 fully saturated rings. The summed E-state index contributed by atoms with van der Waals surface area (Å²) >= 11 is 0. The highest BCUT2D eigenvalue weighted by Crippen LogP contribution is 2.36. The highest BCUT2D eigenvalue weighted by Gasteiger charge is 2.56. The lowest BCUT2D eigenvalue weighted by atomic mass is 9.86. The Hall–Kier alpha value is -1.91. The number of hydrogen-bond acceptors (Lipinski definition) is 30. The van der Waals surface area contributed by atoms with Gasteiger partial charge in [-0.2, -0.15) is 0 Å². The SMILES string of the molecule is CC(C)CC(=O)O[C@@H]1O[C@H](CO)[C@@H](O[C@H]2O[C@H](C)[C@@H](N[C@H]3C=C(CO)[C@@H](O[C@H]4O[C@H](CO)[C@@H](O[C@H]5O[C@H](CO)[C@@H](O[C@H]6O[C@H](CO)[C@@H](O)[C@H](O)[C@H]6O)[C@H](O)[C@H]5O)[C@H](O)[C@H]4O)[C@H](O)[C@H]3O)[C@H](O)[C@H]2O)[C@H](O)[C@H]1O. The van der Waals surface area contributed by atoms with Gasteiger partial charge in [0, 0.05) is 6.42 Å². The molecule has 0 aromatic rings. The van der Waals surface area contributed by atoms with Gasteiger partial charge in [0.2, 0.25) is 6.29 Å². The number of hydrogen-bond donors (Lipinski definition) is 19. The van der Waals surface area contributed by atoms with E-state index >= 15 is 0 Å². The zero-order valence-electron chi connectivity index (χ0n) is 39.2. The van der Waals surface area contributed by atoms with Crippen LogP contribution in [0.3, 0.4) is 0 Å². The minimum absolute atomic E-state index is 0.0331. The molecule has 30 heteroatoms. The molecule has 418 valence electrons. The van der Waals surface area contributed by atoms with Crippen molar-refractivity contribution in [2.24, 2.45) is 5.92 Å². The third-order valence-corrected chi connectivity index (χ3v) is 13.5. The van der Waals surface area contributed by atoms with Gasteiger partial charge < -0.3 is 145 Å². The number of aliphatic hydroxyl groups excluding tert-OH is 18. The molecule has 1 aliphatic carbocycles. The molecule has 19 N–H and O–H groups in total. The summed E-state index contributed by atoms with van der Waals surface area (Å²) in [6, 6.07) is -2.60. The van der Waals surface area contributed by atoms with Gasteiger partial charge in [-0.25, -0.2) is 0 Å². The quantitative estimate of drug-likeness (QED) is 0.0448. The fraction of sp³-hybridized carbons (Fsp3) is 0.929. The van der Waals surface area contributed by atoms with Crippen LogP contribution in [0.5, 0.6) is 0 Å². The van der Waals surface area contributed by atoms with Crippen molar-refractivity contribution >= 4 is 5.97 Å². The Morgan fingerprint density at radius 3 is 1.36 bits per heavy atom. The maximum Gasteiger partial charge on any atom is 0.308 e. The van der Waals surface area contributed by atoms with Crippen LogP contribution >= 0.6 is 0 Å². The van der Waals surface area contributed by atoms with Gasteiger partial charge in [-0.15, -0.1) is 0 Å². The van der Waals surface area contributed by atoms with Crippen molar-refractivity contribution in [3.05, 3.63) is 11.6 Å². The fourth-order valence-corrected chi connectivity index (χ4v) is 9.37. The van der Waals surface area contributed by atoms with Crippen LogP contribution in [-0.2, 0) is 52.2 Å². The first kappa shape index (κ1) is 59.3.